The van der Waals surface area contributed by atoms with Crippen molar-refractivity contribution in [2.75, 3.05) is 10.6 Å². The van der Waals surface area contributed by atoms with Crippen molar-refractivity contribution in [1.82, 2.24) is 5.32 Å². The van der Waals surface area contributed by atoms with Crippen LogP contribution in [0.2, 0.25) is 5.02 Å². The van der Waals surface area contributed by atoms with Crippen LogP contribution >= 0.6 is 11.6 Å². The second-order valence-corrected chi connectivity index (χ2v) is 6.27. The molecule has 3 amide bonds. The molecular weight excluding hydrogens is 378 g/mol. The van der Waals surface area contributed by atoms with Gasteiger partial charge in [-0.2, -0.15) is 0 Å². The minimum atomic E-state index is -0.348. The molecule has 0 unspecified atom stereocenters. The average molecular weight is 396 g/mol. The Morgan fingerprint density at radius 1 is 0.929 bits per heavy atom. The van der Waals surface area contributed by atoms with Gasteiger partial charge in [-0.05, 0) is 60.2 Å². The summed E-state index contributed by atoms with van der Waals surface area (Å²) in [5.74, 6) is 0.409. The number of hydrogen-bond acceptors (Lipinski definition) is 3. The van der Waals surface area contributed by atoms with Crippen LogP contribution in [0.4, 0.5) is 16.2 Å². The van der Waals surface area contributed by atoms with E-state index in [2.05, 4.69) is 16.0 Å². The summed E-state index contributed by atoms with van der Waals surface area (Å²) in [6, 6.07) is 17.2. The summed E-state index contributed by atoms with van der Waals surface area (Å²) in [4.78, 5) is 23.9. The third-order valence-electron chi connectivity index (χ3n) is 3.71. The van der Waals surface area contributed by atoms with Crippen LogP contribution in [0.25, 0.3) is 6.08 Å². The molecule has 3 N–H and O–H groups in total. The van der Waals surface area contributed by atoms with Crippen LogP contribution in [0.1, 0.15) is 11.3 Å². The quantitative estimate of drug-likeness (QED) is 0.519. The van der Waals surface area contributed by atoms with Gasteiger partial charge in [0.2, 0.25) is 5.91 Å². The van der Waals surface area contributed by atoms with E-state index in [9.17, 15) is 9.59 Å². The highest BCUT2D eigenvalue weighted by atomic mass is 35.5. The Kier molecular flexibility index (Phi) is 6.49. The van der Waals surface area contributed by atoms with Crippen LogP contribution in [-0.4, -0.2) is 11.9 Å². The second-order valence-electron chi connectivity index (χ2n) is 5.84. The number of furan rings is 1. The van der Waals surface area contributed by atoms with Gasteiger partial charge in [-0.25, -0.2) is 4.79 Å². The van der Waals surface area contributed by atoms with Gasteiger partial charge in [0.25, 0.3) is 0 Å². The fourth-order valence-corrected chi connectivity index (χ4v) is 2.45. The number of rotatable bonds is 6. The van der Waals surface area contributed by atoms with E-state index in [-0.39, 0.29) is 11.9 Å². The number of nitrogens with one attached hydrogen (secondary N) is 3. The van der Waals surface area contributed by atoms with Gasteiger partial charge >= 0.3 is 6.03 Å². The molecule has 2 aromatic carbocycles. The zero-order valence-corrected chi connectivity index (χ0v) is 15.6. The topological polar surface area (TPSA) is 83.4 Å². The van der Waals surface area contributed by atoms with E-state index in [0.29, 0.717) is 28.7 Å². The Morgan fingerprint density at radius 3 is 2.25 bits per heavy atom. The molecule has 0 saturated carbocycles. The Morgan fingerprint density at radius 2 is 1.61 bits per heavy atom. The highest BCUT2D eigenvalue weighted by Gasteiger charge is 2.04. The molecular formula is C21H18ClN3O3. The predicted octanol–water partition coefficient (Wildman–Crippen LogP) is 4.91. The Hall–Kier alpha value is -3.51. The maximum atomic E-state index is 12.0. The molecule has 0 spiro atoms. The van der Waals surface area contributed by atoms with Crippen molar-refractivity contribution < 1.29 is 14.0 Å². The van der Waals surface area contributed by atoms with E-state index in [1.165, 1.54) is 6.08 Å². The second kappa shape index (κ2) is 9.43. The maximum Gasteiger partial charge on any atom is 0.319 e. The molecule has 0 aliphatic rings. The van der Waals surface area contributed by atoms with Crippen molar-refractivity contribution in [2.45, 2.75) is 6.54 Å². The van der Waals surface area contributed by atoms with Gasteiger partial charge < -0.3 is 20.4 Å². The molecule has 6 nitrogen and oxygen atoms in total. The standard InChI is InChI=1S/C21H18ClN3O3/c22-16-6-3-15(4-7-16)5-12-20(26)24-17-8-10-18(11-9-17)25-21(27)23-14-19-2-1-13-28-19/h1-13H,14H2,(H,24,26)(H2,23,25,27)/b12-5+. The molecule has 0 saturated heterocycles. The van der Waals surface area contributed by atoms with Gasteiger partial charge in [0, 0.05) is 22.5 Å². The van der Waals surface area contributed by atoms with Crippen molar-refractivity contribution in [3.05, 3.63) is 89.3 Å². The first-order valence-electron chi connectivity index (χ1n) is 8.50. The number of halogens is 1. The average Bonchev–Trinajstić information content (AvgIpc) is 3.21. The summed E-state index contributed by atoms with van der Waals surface area (Å²) in [5.41, 5.74) is 2.10. The van der Waals surface area contributed by atoms with Gasteiger partial charge in [-0.3, -0.25) is 4.79 Å². The molecule has 28 heavy (non-hydrogen) atoms. The number of anilines is 2. The molecule has 0 fully saturated rings. The van der Waals surface area contributed by atoms with E-state index in [1.54, 1.807) is 60.9 Å². The highest BCUT2D eigenvalue weighted by Crippen LogP contribution is 2.14. The molecule has 1 heterocycles. The van der Waals surface area contributed by atoms with Crippen molar-refractivity contribution in [2.24, 2.45) is 0 Å². The number of amides is 3. The number of hydrogen-bond donors (Lipinski definition) is 3. The van der Waals surface area contributed by atoms with Crippen molar-refractivity contribution in [1.29, 1.82) is 0 Å². The van der Waals surface area contributed by atoms with Crippen LogP contribution < -0.4 is 16.0 Å². The fourth-order valence-electron chi connectivity index (χ4n) is 2.32. The first-order chi connectivity index (χ1) is 13.6. The molecule has 0 aliphatic heterocycles. The van der Waals surface area contributed by atoms with Gasteiger partial charge in [0.05, 0.1) is 12.8 Å². The Bertz CT molecular complexity index is 950. The summed E-state index contributed by atoms with van der Waals surface area (Å²) in [7, 11) is 0. The van der Waals surface area contributed by atoms with Crippen LogP contribution in [-0.2, 0) is 11.3 Å². The highest BCUT2D eigenvalue weighted by molar-refractivity contribution is 6.30. The monoisotopic (exact) mass is 395 g/mol. The molecule has 3 rings (SSSR count). The number of carbonyl (C=O) groups excluding carboxylic acids is 2. The zero-order valence-electron chi connectivity index (χ0n) is 14.8. The lowest BCUT2D eigenvalue weighted by atomic mass is 10.2. The predicted molar refractivity (Wildman–Crippen MR) is 110 cm³/mol. The Balaban J connectivity index is 1.47. The lowest BCUT2D eigenvalue weighted by Crippen LogP contribution is -2.27. The van der Waals surface area contributed by atoms with Gasteiger partial charge in [0.15, 0.2) is 0 Å². The van der Waals surface area contributed by atoms with E-state index in [0.717, 1.165) is 5.56 Å². The SMILES string of the molecule is O=C(/C=C/c1ccc(Cl)cc1)Nc1ccc(NC(=O)NCc2ccco2)cc1. The Labute approximate surface area is 167 Å². The van der Waals surface area contributed by atoms with E-state index >= 15 is 0 Å². The summed E-state index contributed by atoms with van der Waals surface area (Å²) in [5, 5.41) is 8.79. The van der Waals surface area contributed by atoms with Crippen molar-refractivity contribution in [3.8, 4) is 0 Å². The number of benzene rings is 2. The van der Waals surface area contributed by atoms with Crippen LogP contribution in [0.15, 0.2) is 77.4 Å². The van der Waals surface area contributed by atoms with Crippen molar-refractivity contribution in [3.63, 3.8) is 0 Å². The maximum absolute atomic E-state index is 12.0. The normalized spacial score (nSPS) is 10.6. The van der Waals surface area contributed by atoms with Crippen LogP contribution in [0.5, 0.6) is 0 Å². The summed E-state index contributed by atoms with van der Waals surface area (Å²) < 4.78 is 5.15. The zero-order chi connectivity index (χ0) is 19.8. The third kappa shape index (κ3) is 6.03. The largest absolute Gasteiger partial charge is 0.467 e. The molecule has 0 radical (unpaired) electrons. The lowest BCUT2D eigenvalue weighted by Gasteiger charge is -2.08. The number of carbonyl (C=O) groups is 2. The van der Waals surface area contributed by atoms with Crippen molar-refractivity contribution >= 4 is 41.0 Å². The molecule has 7 heteroatoms. The minimum Gasteiger partial charge on any atom is -0.467 e. The summed E-state index contributed by atoms with van der Waals surface area (Å²) >= 11 is 5.83. The van der Waals surface area contributed by atoms with Crippen LogP contribution in [0, 0.1) is 0 Å². The third-order valence-corrected chi connectivity index (χ3v) is 3.96. The van der Waals surface area contributed by atoms with E-state index in [4.69, 9.17) is 16.0 Å². The molecule has 3 aromatic rings. The smallest absolute Gasteiger partial charge is 0.319 e. The van der Waals surface area contributed by atoms with Gasteiger partial charge in [-0.1, -0.05) is 23.7 Å². The van der Waals surface area contributed by atoms with E-state index in [1.807, 2.05) is 12.1 Å². The molecule has 0 atom stereocenters. The van der Waals surface area contributed by atoms with Gasteiger partial charge in [-0.15, -0.1) is 0 Å². The summed E-state index contributed by atoms with van der Waals surface area (Å²) in [6.07, 6.45) is 4.69. The fraction of sp³-hybridized carbons (Fsp3) is 0.0476. The number of urea groups is 1. The van der Waals surface area contributed by atoms with E-state index < -0.39 is 0 Å². The first-order valence-corrected chi connectivity index (χ1v) is 8.88. The molecule has 0 bridgehead atoms. The summed E-state index contributed by atoms with van der Waals surface area (Å²) in [6.45, 7) is 0.299. The molecule has 0 aliphatic carbocycles. The van der Waals surface area contributed by atoms with Crippen LogP contribution in [0.3, 0.4) is 0 Å². The molecule has 1 aromatic heterocycles. The molecule has 142 valence electrons. The first kappa shape index (κ1) is 19.3. The lowest BCUT2D eigenvalue weighted by molar-refractivity contribution is -0.111. The minimum absolute atomic E-state index is 0.258. The van der Waals surface area contributed by atoms with Gasteiger partial charge in [0.1, 0.15) is 5.76 Å².